The topological polar surface area (TPSA) is 196 Å². The summed E-state index contributed by atoms with van der Waals surface area (Å²) in [6.45, 7) is 9.68. The molecule has 0 aliphatic rings. The first-order valence-corrected chi connectivity index (χ1v) is 18.6. The average molecular weight is 833 g/mol. The van der Waals surface area contributed by atoms with Crippen molar-refractivity contribution in [3.05, 3.63) is 140 Å². The van der Waals surface area contributed by atoms with Crippen molar-refractivity contribution in [3.8, 4) is 39.6 Å². The molecule has 15 nitrogen and oxygen atoms in total. The molecule has 1 aromatic heterocycles. The Balaban J connectivity index is 1.32. The van der Waals surface area contributed by atoms with Gasteiger partial charge in [0.1, 0.15) is 46.5 Å². The standard InChI is InChI=1S/C44H36N2O13S/c1-5-37(47)55-26-34(57-39(49)7-3)25-54-32-18-14-30(15-19-32)44(51)59-36-21-20-35(40-41(36)60-42(46-40)28-10-8-27(22-45)9-11-28)58-43(50)29-12-16-31(17-13-29)53-24-33(23-52-4)56-38(48)6-2/h5-21,33-34H,1-3,23-26H2,4H3. The van der Waals surface area contributed by atoms with Gasteiger partial charge < -0.3 is 37.9 Å². The number of nitriles is 1. The molecule has 0 aliphatic carbocycles. The minimum absolute atomic E-state index is 0.00773. The van der Waals surface area contributed by atoms with E-state index in [9.17, 15) is 29.2 Å². The molecule has 0 saturated carbocycles. The number of rotatable bonds is 20. The molecule has 5 aromatic rings. The summed E-state index contributed by atoms with van der Waals surface area (Å²) in [4.78, 5) is 66.4. The zero-order chi connectivity index (χ0) is 43.0. The minimum atomic E-state index is -0.953. The van der Waals surface area contributed by atoms with E-state index < -0.39 is 42.1 Å². The molecule has 0 amide bonds. The van der Waals surface area contributed by atoms with E-state index in [4.69, 9.17) is 42.9 Å². The molecular weight excluding hydrogens is 797 g/mol. The number of carbonyl (C=O) groups excluding carboxylic acids is 5. The van der Waals surface area contributed by atoms with Crippen molar-refractivity contribution in [2.45, 2.75) is 12.2 Å². The molecule has 0 bridgehead atoms. The van der Waals surface area contributed by atoms with Crippen LogP contribution in [-0.4, -0.2) is 80.6 Å². The van der Waals surface area contributed by atoms with Gasteiger partial charge in [-0.1, -0.05) is 31.9 Å². The summed E-state index contributed by atoms with van der Waals surface area (Å²) in [5.41, 5.74) is 1.72. The number of fused-ring (bicyclic) bond motifs is 1. The molecule has 306 valence electrons. The molecule has 16 heteroatoms. The van der Waals surface area contributed by atoms with Crippen LogP contribution in [0.3, 0.4) is 0 Å². The SMILES string of the molecule is C=CC(=O)OCC(COc1ccc(C(=O)Oc2ccc(OC(=O)c3ccc(OCC(COC)OC(=O)C=C)cc3)c3nc(-c4ccc(C#N)cc4)sc23)cc1)OC(=O)C=C. The quantitative estimate of drug-likeness (QED) is 0.0352. The van der Waals surface area contributed by atoms with Crippen LogP contribution in [0.2, 0.25) is 0 Å². The van der Waals surface area contributed by atoms with Gasteiger partial charge in [-0.15, -0.1) is 11.3 Å². The zero-order valence-corrected chi connectivity index (χ0v) is 32.8. The van der Waals surface area contributed by atoms with Gasteiger partial charge in [-0.25, -0.2) is 29.0 Å². The zero-order valence-electron chi connectivity index (χ0n) is 32.0. The number of esters is 5. The molecular formula is C44H36N2O13S. The minimum Gasteiger partial charge on any atom is -0.490 e. The molecule has 0 saturated heterocycles. The van der Waals surface area contributed by atoms with Gasteiger partial charge in [-0.05, 0) is 72.8 Å². The Labute approximate surface area is 347 Å². The molecule has 0 fully saturated rings. The number of hydrogen-bond acceptors (Lipinski definition) is 16. The fourth-order valence-electron chi connectivity index (χ4n) is 5.08. The molecule has 0 spiro atoms. The Hall–Kier alpha value is -7.61. The monoisotopic (exact) mass is 832 g/mol. The first kappa shape index (κ1) is 43.5. The second-order valence-electron chi connectivity index (χ2n) is 12.2. The van der Waals surface area contributed by atoms with E-state index in [1.54, 1.807) is 36.4 Å². The second kappa shape index (κ2) is 21.2. The molecule has 0 radical (unpaired) electrons. The first-order valence-electron chi connectivity index (χ1n) is 17.8. The maximum Gasteiger partial charge on any atom is 0.343 e. The maximum absolute atomic E-state index is 13.4. The predicted octanol–water partition coefficient (Wildman–Crippen LogP) is 6.60. The van der Waals surface area contributed by atoms with Crippen LogP contribution in [-0.2, 0) is 33.3 Å². The molecule has 0 aliphatic heterocycles. The van der Waals surface area contributed by atoms with E-state index in [0.717, 1.165) is 18.2 Å². The third-order valence-electron chi connectivity index (χ3n) is 8.02. The van der Waals surface area contributed by atoms with Crippen LogP contribution < -0.4 is 18.9 Å². The summed E-state index contributed by atoms with van der Waals surface area (Å²) in [5.74, 6) is -2.54. The van der Waals surface area contributed by atoms with E-state index in [2.05, 4.69) is 25.8 Å². The Morgan fingerprint density at radius 2 is 1.17 bits per heavy atom. The molecule has 1 heterocycles. The highest BCUT2D eigenvalue weighted by Crippen LogP contribution is 2.41. The van der Waals surface area contributed by atoms with Gasteiger partial charge in [0, 0.05) is 30.9 Å². The number of carbonyl (C=O) groups is 5. The van der Waals surface area contributed by atoms with Crippen molar-refractivity contribution in [1.29, 1.82) is 5.26 Å². The van der Waals surface area contributed by atoms with E-state index >= 15 is 0 Å². The van der Waals surface area contributed by atoms with Crippen LogP contribution in [0.25, 0.3) is 20.8 Å². The van der Waals surface area contributed by atoms with Gasteiger partial charge in [-0.3, -0.25) is 0 Å². The number of aromatic nitrogens is 1. The highest BCUT2D eigenvalue weighted by Gasteiger charge is 2.22. The molecule has 5 rings (SSSR count). The number of methoxy groups -OCH3 is 1. The second-order valence-corrected chi connectivity index (χ2v) is 13.2. The van der Waals surface area contributed by atoms with Crippen LogP contribution in [0.5, 0.6) is 23.0 Å². The van der Waals surface area contributed by atoms with Crippen molar-refractivity contribution in [1.82, 2.24) is 4.98 Å². The van der Waals surface area contributed by atoms with Crippen molar-refractivity contribution in [2.75, 3.05) is 33.5 Å². The lowest BCUT2D eigenvalue weighted by molar-refractivity contribution is -0.154. The lowest BCUT2D eigenvalue weighted by atomic mass is 10.1. The third-order valence-corrected chi connectivity index (χ3v) is 9.14. The predicted molar refractivity (Wildman–Crippen MR) is 217 cm³/mol. The lowest BCUT2D eigenvalue weighted by Crippen LogP contribution is -2.30. The molecule has 60 heavy (non-hydrogen) atoms. The van der Waals surface area contributed by atoms with Crippen molar-refractivity contribution < 1.29 is 61.9 Å². The van der Waals surface area contributed by atoms with Gasteiger partial charge in [-0.2, -0.15) is 5.26 Å². The van der Waals surface area contributed by atoms with Gasteiger partial charge >= 0.3 is 29.8 Å². The van der Waals surface area contributed by atoms with Crippen LogP contribution >= 0.6 is 11.3 Å². The fraction of sp³-hybridized carbons (Fsp3) is 0.159. The molecule has 2 atom stereocenters. The summed E-state index contributed by atoms with van der Waals surface area (Å²) < 4.78 is 43.9. The van der Waals surface area contributed by atoms with Crippen molar-refractivity contribution in [3.63, 3.8) is 0 Å². The summed E-state index contributed by atoms with van der Waals surface area (Å²) in [7, 11) is 1.46. The number of nitrogens with zero attached hydrogens (tertiary/aromatic N) is 2. The summed E-state index contributed by atoms with van der Waals surface area (Å²) >= 11 is 1.18. The Morgan fingerprint density at radius 1 is 0.667 bits per heavy atom. The maximum atomic E-state index is 13.4. The molecule has 0 N–H and O–H groups in total. The van der Waals surface area contributed by atoms with Crippen molar-refractivity contribution in [2.24, 2.45) is 0 Å². The van der Waals surface area contributed by atoms with Gasteiger partial charge in [0.05, 0.1) is 29.4 Å². The third kappa shape index (κ3) is 12.0. The number of hydrogen-bond donors (Lipinski definition) is 0. The van der Waals surface area contributed by atoms with E-state index in [1.165, 1.54) is 67.0 Å². The summed E-state index contributed by atoms with van der Waals surface area (Å²) in [6, 6.07) is 23.8. The Morgan fingerprint density at radius 3 is 1.67 bits per heavy atom. The van der Waals surface area contributed by atoms with E-state index in [0.29, 0.717) is 32.3 Å². The van der Waals surface area contributed by atoms with Crippen molar-refractivity contribution >= 4 is 51.4 Å². The normalized spacial score (nSPS) is 11.5. The lowest BCUT2D eigenvalue weighted by Gasteiger charge is -2.17. The van der Waals surface area contributed by atoms with E-state index in [-0.39, 0.29) is 54.6 Å². The molecule has 4 aromatic carbocycles. The Kier molecular flexibility index (Phi) is 15.4. The highest BCUT2D eigenvalue weighted by atomic mass is 32.1. The average Bonchev–Trinajstić information content (AvgIpc) is 3.74. The van der Waals surface area contributed by atoms with Crippen LogP contribution in [0.15, 0.2) is 123 Å². The van der Waals surface area contributed by atoms with E-state index in [1.807, 2.05) is 0 Å². The van der Waals surface area contributed by atoms with Crippen LogP contribution in [0.4, 0.5) is 0 Å². The van der Waals surface area contributed by atoms with Crippen LogP contribution in [0.1, 0.15) is 26.3 Å². The number of benzene rings is 4. The van der Waals surface area contributed by atoms with Gasteiger partial charge in [0.15, 0.2) is 23.7 Å². The van der Waals surface area contributed by atoms with Gasteiger partial charge in [0.25, 0.3) is 0 Å². The van der Waals surface area contributed by atoms with Crippen LogP contribution in [0, 0.1) is 11.3 Å². The number of ether oxygens (including phenoxy) is 8. The number of thiazole rings is 1. The summed E-state index contributed by atoms with van der Waals surface area (Å²) in [6.07, 6.45) is 1.33. The van der Waals surface area contributed by atoms with Gasteiger partial charge in [0.2, 0.25) is 0 Å². The Bertz CT molecular complexity index is 2420. The molecule has 2 unspecified atom stereocenters. The largest absolute Gasteiger partial charge is 0.490 e. The summed E-state index contributed by atoms with van der Waals surface area (Å²) in [5, 5.41) is 9.77. The highest BCUT2D eigenvalue weighted by molar-refractivity contribution is 7.22. The fourth-order valence-corrected chi connectivity index (χ4v) is 6.12. The first-order chi connectivity index (χ1) is 29.0. The smallest absolute Gasteiger partial charge is 0.343 e.